The van der Waals surface area contributed by atoms with Gasteiger partial charge in [-0.25, -0.2) is 4.99 Å². The standard InChI is InChI=1S/C52H32N4/c1-2-13-31(14-3-1)32-25-27-33(28-26-32)48-39-19-8-10-23-43(39)53-52(54-48)56-44-24-11-9-20-40(44)46-36-17-6-7-18-37(36)47-41-22-12-21-38-42-29-34-15-4-5-16-35(34)30-45(42)55(49(38)41)50(47)51(46)56/h1-30,52-53H/p+1. The van der Waals surface area contributed by atoms with Crippen LogP contribution in [0.2, 0.25) is 0 Å². The van der Waals surface area contributed by atoms with E-state index < -0.39 is 0 Å². The van der Waals surface area contributed by atoms with Crippen LogP contribution in [-0.4, -0.2) is 14.7 Å². The molecule has 1 unspecified atom stereocenters. The zero-order valence-electron chi connectivity index (χ0n) is 30.3. The Bertz CT molecular complexity index is 3610. The lowest BCUT2D eigenvalue weighted by atomic mass is 9.96. The minimum absolute atomic E-state index is 0.289. The maximum atomic E-state index is 5.75. The predicted molar refractivity (Wildman–Crippen MR) is 234 cm³/mol. The first-order valence-electron chi connectivity index (χ1n) is 19.4. The summed E-state index contributed by atoms with van der Waals surface area (Å²) in [6, 6.07) is 66.6. The van der Waals surface area contributed by atoms with Gasteiger partial charge >= 0.3 is 0 Å². The first-order valence-corrected chi connectivity index (χ1v) is 19.4. The maximum Gasteiger partial charge on any atom is 0.270 e. The molecule has 0 spiro atoms. The molecule has 13 rings (SSSR count). The van der Waals surface area contributed by atoms with E-state index in [1.807, 2.05) is 0 Å². The van der Waals surface area contributed by atoms with Crippen LogP contribution >= 0.6 is 0 Å². The third kappa shape index (κ3) is 3.98. The number of benzene rings is 9. The molecule has 0 amide bonds. The Balaban J connectivity index is 1.18. The number of quaternary nitrogens is 1. The minimum atomic E-state index is -0.289. The van der Waals surface area contributed by atoms with Gasteiger partial charge in [0.1, 0.15) is 5.69 Å². The molecule has 260 valence electrons. The lowest BCUT2D eigenvalue weighted by Crippen LogP contribution is -2.82. The van der Waals surface area contributed by atoms with Crippen LogP contribution < -0.4 is 5.32 Å². The maximum absolute atomic E-state index is 5.75. The van der Waals surface area contributed by atoms with Crippen molar-refractivity contribution in [1.29, 1.82) is 0 Å². The summed E-state index contributed by atoms with van der Waals surface area (Å²) in [5.41, 5.74) is 13.0. The molecule has 0 fully saturated rings. The van der Waals surface area contributed by atoms with Gasteiger partial charge < -0.3 is 4.40 Å². The summed E-state index contributed by atoms with van der Waals surface area (Å²) < 4.78 is 5.12. The fourth-order valence-electron chi connectivity index (χ4n) is 9.96. The van der Waals surface area contributed by atoms with Crippen molar-refractivity contribution in [3.8, 4) is 11.1 Å². The molecule has 3 aromatic heterocycles. The Morgan fingerprint density at radius 2 is 1.02 bits per heavy atom. The highest BCUT2D eigenvalue weighted by molar-refractivity contribution is 6.38. The van der Waals surface area contributed by atoms with Crippen molar-refractivity contribution < 1.29 is 5.32 Å². The van der Waals surface area contributed by atoms with Gasteiger partial charge in [-0.2, -0.15) is 0 Å². The number of para-hydroxylation sites is 3. The van der Waals surface area contributed by atoms with Crippen LogP contribution in [0.15, 0.2) is 187 Å². The van der Waals surface area contributed by atoms with Gasteiger partial charge in [0, 0.05) is 37.9 Å². The van der Waals surface area contributed by atoms with E-state index >= 15 is 0 Å². The molecule has 0 radical (unpaired) electrons. The first kappa shape index (κ1) is 30.1. The highest BCUT2D eigenvalue weighted by Gasteiger charge is 2.32. The fourth-order valence-corrected chi connectivity index (χ4v) is 9.96. The molecular weight excluding hydrogens is 681 g/mol. The summed E-state index contributed by atoms with van der Waals surface area (Å²) in [4.78, 5) is 5.75. The van der Waals surface area contributed by atoms with Crippen LogP contribution in [-0.2, 0) is 0 Å². The summed E-state index contributed by atoms with van der Waals surface area (Å²) >= 11 is 0. The summed E-state index contributed by atoms with van der Waals surface area (Å²) in [6.45, 7) is 0. The van der Waals surface area contributed by atoms with Crippen LogP contribution in [0.1, 0.15) is 17.4 Å². The Hall–Kier alpha value is -7.27. The highest BCUT2D eigenvalue weighted by atomic mass is 15.3. The van der Waals surface area contributed by atoms with E-state index in [0.717, 1.165) is 16.8 Å². The quantitative estimate of drug-likeness (QED) is 0.177. The molecule has 12 aromatic rings. The van der Waals surface area contributed by atoms with Crippen molar-refractivity contribution in [1.82, 2.24) is 8.97 Å². The van der Waals surface area contributed by atoms with Gasteiger partial charge in [-0.05, 0) is 63.0 Å². The Morgan fingerprint density at radius 1 is 0.411 bits per heavy atom. The van der Waals surface area contributed by atoms with Crippen molar-refractivity contribution in [2.24, 2.45) is 4.99 Å². The van der Waals surface area contributed by atoms with E-state index in [1.54, 1.807) is 0 Å². The SMILES string of the molecule is c1ccc(-c2ccc(C3=NC(n4c5ccccc5c5c6ccccc6c6c7cccc8c9cc%10ccccc%10cc9n(c87)c6c54)[NH2+]c4ccccc43)cc2)cc1. The molecule has 4 heteroatoms. The fraction of sp³-hybridized carbons (Fsp3) is 0.0192. The molecule has 1 aliphatic heterocycles. The van der Waals surface area contributed by atoms with Gasteiger partial charge in [-0.3, -0.25) is 9.88 Å². The summed E-state index contributed by atoms with van der Waals surface area (Å²) in [5.74, 6) is 0. The van der Waals surface area contributed by atoms with E-state index in [1.165, 1.54) is 98.3 Å². The monoisotopic (exact) mass is 713 g/mol. The molecule has 1 aliphatic rings. The normalized spacial score (nSPS) is 14.6. The van der Waals surface area contributed by atoms with Crippen LogP contribution in [0.3, 0.4) is 0 Å². The number of nitrogens with zero attached hydrogens (tertiary/aromatic N) is 3. The molecule has 9 aromatic carbocycles. The van der Waals surface area contributed by atoms with Crippen molar-refractivity contribution in [2.75, 3.05) is 0 Å². The van der Waals surface area contributed by atoms with Gasteiger partial charge in [-0.1, -0.05) is 152 Å². The van der Waals surface area contributed by atoms with Gasteiger partial charge in [0.2, 0.25) is 0 Å². The van der Waals surface area contributed by atoms with Crippen LogP contribution in [0.25, 0.3) is 92.6 Å². The van der Waals surface area contributed by atoms with Gasteiger partial charge in [0.05, 0.1) is 38.9 Å². The van der Waals surface area contributed by atoms with Gasteiger partial charge in [-0.15, -0.1) is 0 Å². The number of rotatable bonds is 3. The van der Waals surface area contributed by atoms with Crippen LogP contribution in [0, 0.1) is 0 Å². The minimum Gasteiger partial charge on any atom is -0.306 e. The summed E-state index contributed by atoms with van der Waals surface area (Å²) in [6.07, 6.45) is -0.289. The number of aromatic nitrogens is 2. The molecular formula is C52H33N4+. The Labute approximate surface area is 321 Å². The van der Waals surface area contributed by atoms with E-state index in [-0.39, 0.29) is 6.29 Å². The van der Waals surface area contributed by atoms with Crippen molar-refractivity contribution in [3.63, 3.8) is 0 Å². The Morgan fingerprint density at radius 3 is 1.84 bits per heavy atom. The van der Waals surface area contributed by atoms with E-state index in [4.69, 9.17) is 4.99 Å². The highest BCUT2D eigenvalue weighted by Crippen LogP contribution is 2.48. The average Bonchev–Trinajstić information content (AvgIpc) is 3.91. The Kier molecular flexibility index (Phi) is 5.99. The molecule has 1 atom stereocenters. The number of aliphatic imine (C=N–C) groups is 1. The smallest absolute Gasteiger partial charge is 0.270 e. The van der Waals surface area contributed by atoms with Crippen LogP contribution in [0.5, 0.6) is 0 Å². The van der Waals surface area contributed by atoms with Gasteiger partial charge in [0.25, 0.3) is 6.29 Å². The van der Waals surface area contributed by atoms with E-state index in [9.17, 15) is 0 Å². The van der Waals surface area contributed by atoms with Crippen molar-refractivity contribution in [3.05, 3.63) is 193 Å². The first-order chi connectivity index (χ1) is 27.8. The number of fused-ring (bicyclic) bond motifs is 15. The molecule has 2 N–H and O–H groups in total. The molecule has 0 aliphatic carbocycles. The number of nitrogens with two attached hydrogens (primary N) is 1. The second kappa shape index (κ2) is 11.1. The molecule has 0 saturated heterocycles. The third-order valence-corrected chi connectivity index (χ3v) is 12.3. The van der Waals surface area contributed by atoms with E-state index in [2.05, 4.69) is 196 Å². The number of hydrogen-bond donors (Lipinski definition) is 1. The third-order valence-electron chi connectivity index (χ3n) is 12.3. The van der Waals surface area contributed by atoms with Crippen molar-refractivity contribution >= 4 is 92.8 Å². The van der Waals surface area contributed by atoms with E-state index in [0.29, 0.717) is 0 Å². The van der Waals surface area contributed by atoms with Crippen molar-refractivity contribution in [2.45, 2.75) is 6.29 Å². The zero-order valence-corrected chi connectivity index (χ0v) is 30.3. The molecule has 4 nitrogen and oxygen atoms in total. The lowest BCUT2D eigenvalue weighted by Gasteiger charge is -2.24. The second-order valence-electron chi connectivity index (χ2n) is 15.2. The van der Waals surface area contributed by atoms with Gasteiger partial charge in [0.15, 0.2) is 0 Å². The molecule has 0 saturated carbocycles. The predicted octanol–water partition coefficient (Wildman–Crippen LogP) is 12.1. The summed E-state index contributed by atoms with van der Waals surface area (Å²) in [5, 5.41) is 15.1. The average molecular weight is 714 g/mol. The topological polar surface area (TPSA) is 38.3 Å². The molecule has 0 bridgehead atoms. The summed E-state index contributed by atoms with van der Waals surface area (Å²) in [7, 11) is 0. The zero-order chi connectivity index (χ0) is 36.5. The lowest BCUT2D eigenvalue weighted by molar-refractivity contribution is -0.633. The largest absolute Gasteiger partial charge is 0.306 e. The van der Waals surface area contributed by atoms with Crippen LogP contribution in [0.4, 0.5) is 5.69 Å². The second-order valence-corrected chi connectivity index (χ2v) is 15.2. The molecule has 4 heterocycles. The molecule has 56 heavy (non-hydrogen) atoms. The number of hydrogen-bond acceptors (Lipinski definition) is 1.